The molecule has 6 nitrogen and oxygen atoms in total. The topological polar surface area (TPSA) is 101 Å². The van der Waals surface area contributed by atoms with E-state index >= 15 is 0 Å². The molecule has 17 heavy (non-hydrogen) atoms. The molecule has 0 aliphatic heterocycles. The summed E-state index contributed by atoms with van der Waals surface area (Å²) in [6.45, 7) is 0.0466. The van der Waals surface area contributed by atoms with Gasteiger partial charge in [0.15, 0.2) is 0 Å². The van der Waals surface area contributed by atoms with Crippen LogP contribution in [0, 0.1) is 0 Å². The number of nitrogens with zero attached hydrogens (tertiary/aromatic N) is 2. The smallest absolute Gasteiger partial charge is 0.248 e. The second-order valence-electron chi connectivity index (χ2n) is 3.57. The van der Waals surface area contributed by atoms with E-state index in [0.29, 0.717) is 5.69 Å². The number of anilines is 1. The molecule has 0 fully saturated rings. The lowest BCUT2D eigenvalue weighted by atomic mass is 10.2. The molecular weight excluding hydrogens is 220 g/mol. The standard InChI is InChI=1S/C11H12N4O2/c12-11(17)10(16)6-13-9-5-14-15-8-4-2-1-3-7(8)9/h1-5,10,16H,6H2,(H2,12,17)(H,13,15). The quantitative estimate of drug-likeness (QED) is 0.682. The molecule has 0 aliphatic rings. The second kappa shape index (κ2) is 4.75. The molecule has 88 valence electrons. The predicted octanol–water partition coefficient (Wildman–Crippen LogP) is -0.112. The molecular formula is C11H12N4O2. The Bertz CT molecular complexity index is 538. The first-order chi connectivity index (χ1) is 8.18. The van der Waals surface area contributed by atoms with Gasteiger partial charge in [0.1, 0.15) is 6.10 Å². The van der Waals surface area contributed by atoms with Gasteiger partial charge >= 0.3 is 0 Å². The molecule has 0 aliphatic carbocycles. The van der Waals surface area contributed by atoms with Crippen molar-refractivity contribution < 1.29 is 9.90 Å². The van der Waals surface area contributed by atoms with E-state index in [1.54, 1.807) is 0 Å². The van der Waals surface area contributed by atoms with Gasteiger partial charge in [-0.05, 0) is 6.07 Å². The monoisotopic (exact) mass is 232 g/mol. The van der Waals surface area contributed by atoms with Gasteiger partial charge in [-0.3, -0.25) is 4.79 Å². The van der Waals surface area contributed by atoms with Crippen LogP contribution in [0.5, 0.6) is 0 Å². The average Bonchev–Trinajstić information content (AvgIpc) is 2.35. The van der Waals surface area contributed by atoms with Crippen LogP contribution in [0.2, 0.25) is 0 Å². The zero-order valence-electron chi connectivity index (χ0n) is 9.00. The minimum atomic E-state index is -1.22. The summed E-state index contributed by atoms with van der Waals surface area (Å²) in [6.07, 6.45) is 0.317. The largest absolute Gasteiger partial charge is 0.381 e. The third-order valence-corrected chi connectivity index (χ3v) is 2.36. The highest BCUT2D eigenvalue weighted by Crippen LogP contribution is 2.19. The number of hydrogen-bond acceptors (Lipinski definition) is 5. The van der Waals surface area contributed by atoms with Crippen LogP contribution < -0.4 is 11.1 Å². The maximum Gasteiger partial charge on any atom is 0.248 e. The highest BCUT2D eigenvalue weighted by Gasteiger charge is 2.11. The minimum Gasteiger partial charge on any atom is -0.381 e. The van der Waals surface area contributed by atoms with E-state index in [1.165, 1.54) is 6.20 Å². The lowest BCUT2D eigenvalue weighted by Gasteiger charge is -2.10. The van der Waals surface area contributed by atoms with Gasteiger partial charge < -0.3 is 16.2 Å². The summed E-state index contributed by atoms with van der Waals surface area (Å²) < 4.78 is 0. The number of fused-ring (bicyclic) bond motifs is 1. The summed E-state index contributed by atoms with van der Waals surface area (Å²) in [5.74, 6) is -0.760. The van der Waals surface area contributed by atoms with Crippen molar-refractivity contribution in [2.45, 2.75) is 6.10 Å². The fourth-order valence-corrected chi connectivity index (χ4v) is 1.46. The van der Waals surface area contributed by atoms with Crippen LogP contribution in [0.25, 0.3) is 10.9 Å². The van der Waals surface area contributed by atoms with E-state index in [0.717, 1.165) is 10.9 Å². The summed E-state index contributed by atoms with van der Waals surface area (Å²) in [7, 11) is 0. The lowest BCUT2D eigenvalue weighted by molar-refractivity contribution is -0.125. The Morgan fingerprint density at radius 2 is 2.24 bits per heavy atom. The Hall–Kier alpha value is -2.21. The van der Waals surface area contributed by atoms with E-state index in [9.17, 15) is 9.90 Å². The van der Waals surface area contributed by atoms with Crippen LogP contribution >= 0.6 is 0 Å². The number of rotatable bonds is 4. The van der Waals surface area contributed by atoms with E-state index in [1.807, 2.05) is 24.3 Å². The van der Waals surface area contributed by atoms with E-state index < -0.39 is 12.0 Å². The summed E-state index contributed by atoms with van der Waals surface area (Å²) in [5.41, 5.74) is 6.40. The fraction of sp³-hybridized carbons (Fsp3) is 0.182. The Morgan fingerprint density at radius 1 is 1.47 bits per heavy atom. The van der Waals surface area contributed by atoms with Gasteiger partial charge in [-0.25, -0.2) is 0 Å². The number of nitrogens with one attached hydrogen (secondary N) is 1. The normalized spacial score (nSPS) is 12.3. The van der Waals surface area contributed by atoms with Crippen LogP contribution in [0.3, 0.4) is 0 Å². The van der Waals surface area contributed by atoms with Crippen molar-refractivity contribution in [2.75, 3.05) is 11.9 Å². The first-order valence-electron chi connectivity index (χ1n) is 5.10. The number of hydrogen-bond donors (Lipinski definition) is 3. The second-order valence-corrected chi connectivity index (χ2v) is 3.57. The summed E-state index contributed by atoms with van der Waals surface area (Å²) in [4.78, 5) is 10.7. The van der Waals surface area contributed by atoms with Crippen molar-refractivity contribution in [3.8, 4) is 0 Å². The van der Waals surface area contributed by atoms with Crippen molar-refractivity contribution in [3.63, 3.8) is 0 Å². The molecule has 1 atom stereocenters. The van der Waals surface area contributed by atoms with E-state index in [2.05, 4.69) is 15.5 Å². The predicted molar refractivity (Wildman–Crippen MR) is 63.2 cm³/mol. The highest BCUT2D eigenvalue weighted by atomic mass is 16.3. The lowest BCUT2D eigenvalue weighted by Crippen LogP contribution is -2.34. The Kier molecular flexibility index (Phi) is 3.15. The number of carbonyl (C=O) groups excluding carboxylic acids is 1. The van der Waals surface area contributed by atoms with Gasteiger partial charge in [0.05, 0.1) is 17.4 Å². The first kappa shape index (κ1) is 11.3. The number of aromatic nitrogens is 2. The summed E-state index contributed by atoms with van der Waals surface area (Å²) in [6, 6.07) is 7.44. The van der Waals surface area contributed by atoms with Gasteiger partial charge in [-0.1, -0.05) is 18.2 Å². The Labute approximate surface area is 97.5 Å². The number of aliphatic hydroxyl groups is 1. The molecule has 0 saturated heterocycles. The molecule has 6 heteroatoms. The molecule has 1 amide bonds. The van der Waals surface area contributed by atoms with Crippen LogP contribution in [-0.2, 0) is 4.79 Å². The zero-order chi connectivity index (χ0) is 12.3. The molecule has 0 radical (unpaired) electrons. The minimum absolute atomic E-state index is 0.0466. The van der Waals surface area contributed by atoms with Gasteiger partial charge in [-0.2, -0.15) is 10.2 Å². The molecule has 1 aromatic carbocycles. The van der Waals surface area contributed by atoms with E-state index in [-0.39, 0.29) is 6.54 Å². The van der Waals surface area contributed by atoms with Crippen LogP contribution in [-0.4, -0.2) is 33.9 Å². The molecule has 0 bridgehead atoms. The van der Waals surface area contributed by atoms with Crippen LogP contribution in [0.1, 0.15) is 0 Å². The van der Waals surface area contributed by atoms with Gasteiger partial charge in [-0.15, -0.1) is 0 Å². The Morgan fingerprint density at radius 3 is 3.00 bits per heavy atom. The van der Waals surface area contributed by atoms with Crippen molar-refractivity contribution in [2.24, 2.45) is 5.73 Å². The third kappa shape index (κ3) is 2.48. The van der Waals surface area contributed by atoms with Crippen molar-refractivity contribution in [1.29, 1.82) is 0 Å². The van der Waals surface area contributed by atoms with Crippen molar-refractivity contribution in [1.82, 2.24) is 10.2 Å². The number of primary amides is 1. The Balaban J connectivity index is 2.21. The van der Waals surface area contributed by atoms with Gasteiger partial charge in [0.25, 0.3) is 0 Å². The highest BCUT2D eigenvalue weighted by molar-refractivity contribution is 5.90. The van der Waals surface area contributed by atoms with Crippen LogP contribution in [0.4, 0.5) is 5.69 Å². The van der Waals surface area contributed by atoms with Crippen molar-refractivity contribution >= 4 is 22.5 Å². The van der Waals surface area contributed by atoms with Crippen molar-refractivity contribution in [3.05, 3.63) is 30.5 Å². The number of nitrogens with two attached hydrogens (primary N) is 1. The molecule has 0 saturated carbocycles. The first-order valence-corrected chi connectivity index (χ1v) is 5.10. The molecule has 0 spiro atoms. The summed E-state index contributed by atoms with van der Waals surface area (Å²) in [5, 5.41) is 20.9. The average molecular weight is 232 g/mol. The van der Waals surface area contributed by atoms with E-state index in [4.69, 9.17) is 5.73 Å². The van der Waals surface area contributed by atoms with Gasteiger partial charge in [0, 0.05) is 11.9 Å². The molecule has 1 aromatic heterocycles. The zero-order valence-corrected chi connectivity index (χ0v) is 9.00. The molecule has 1 unspecified atom stereocenters. The molecule has 2 rings (SSSR count). The summed E-state index contributed by atoms with van der Waals surface area (Å²) >= 11 is 0. The molecule has 4 N–H and O–H groups in total. The molecule has 2 aromatic rings. The van der Waals surface area contributed by atoms with Gasteiger partial charge in [0.2, 0.25) is 5.91 Å². The number of carbonyl (C=O) groups is 1. The number of aliphatic hydroxyl groups excluding tert-OH is 1. The SMILES string of the molecule is NC(=O)C(O)CNc1cnnc2ccccc12. The third-order valence-electron chi connectivity index (χ3n) is 2.36. The van der Waals surface area contributed by atoms with Crippen LogP contribution in [0.15, 0.2) is 30.5 Å². The maximum absolute atomic E-state index is 10.7. The number of benzene rings is 1. The fourth-order valence-electron chi connectivity index (χ4n) is 1.46. The molecule has 1 heterocycles. The number of amides is 1. The maximum atomic E-state index is 10.7.